The van der Waals surface area contributed by atoms with Gasteiger partial charge in [-0.25, -0.2) is 0 Å². The molecule has 0 aliphatic rings. The minimum absolute atomic E-state index is 0.463. The van der Waals surface area contributed by atoms with Crippen molar-refractivity contribution in [2.24, 2.45) is 0 Å². The molecule has 0 unspecified atom stereocenters. The van der Waals surface area contributed by atoms with Gasteiger partial charge in [0.25, 0.3) is 0 Å². The smallest absolute Gasteiger partial charge is 0.169 e. The molecule has 0 saturated carbocycles. The Labute approximate surface area is 126 Å². The number of ether oxygens (including phenoxy) is 2. The van der Waals surface area contributed by atoms with E-state index in [1.165, 1.54) is 5.56 Å². The number of para-hydroxylation sites is 2. The number of aryl methyl sites for hydroxylation is 1. The number of hydrogen-bond acceptors (Lipinski definition) is 3. The summed E-state index contributed by atoms with van der Waals surface area (Å²) in [6.45, 7) is 7.16. The summed E-state index contributed by atoms with van der Waals surface area (Å²) in [6, 6.07) is 14.4. The lowest BCUT2D eigenvalue weighted by atomic mass is 10.1. The molecule has 0 heterocycles. The van der Waals surface area contributed by atoms with E-state index in [-0.39, 0.29) is 0 Å². The molecule has 112 valence electrons. The Morgan fingerprint density at radius 2 is 1.71 bits per heavy atom. The first-order chi connectivity index (χ1) is 10.1. The number of benzene rings is 2. The van der Waals surface area contributed by atoms with Crippen molar-refractivity contribution in [1.29, 1.82) is 0 Å². The van der Waals surface area contributed by atoms with Gasteiger partial charge < -0.3 is 14.8 Å². The number of nitrogens with one attached hydrogen (secondary N) is 1. The molecule has 1 N–H and O–H groups in total. The maximum absolute atomic E-state index is 6.03. The van der Waals surface area contributed by atoms with Gasteiger partial charge in [-0.2, -0.15) is 0 Å². The minimum atomic E-state index is 0.463. The summed E-state index contributed by atoms with van der Waals surface area (Å²) in [5.41, 5.74) is 2.31. The predicted molar refractivity (Wildman–Crippen MR) is 86.2 cm³/mol. The lowest BCUT2D eigenvalue weighted by Crippen LogP contribution is -2.21. The summed E-state index contributed by atoms with van der Waals surface area (Å²) >= 11 is 0. The maximum Gasteiger partial charge on any atom is 0.169 e. The third-order valence-corrected chi connectivity index (χ3v) is 3.26. The van der Waals surface area contributed by atoms with Crippen LogP contribution in [0.3, 0.4) is 0 Å². The van der Waals surface area contributed by atoms with Gasteiger partial charge in [-0.15, -0.1) is 0 Å². The Balaban J connectivity index is 2.20. The highest BCUT2D eigenvalue weighted by Crippen LogP contribution is 2.32. The van der Waals surface area contributed by atoms with Crippen molar-refractivity contribution < 1.29 is 9.47 Å². The van der Waals surface area contributed by atoms with Gasteiger partial charge in [-0.3, -0.25) is 0 Å². The van der Waals surface area contributed by atoms with Crippen molar-refractivity contribution in [1.82, 2.24) is 5.32 Å². The van der Waals surface area contributed by atoms with Crippen molar-refractivity contribution in [2.45, 2.75) is 33.4 Å². The van der Waals surface area contributed by atoms with Crippen LogP contribution >= 0.6 is 0 Å². The van der Waals surface area contributed by atoms with E-state index in [9.17, 15) is 0 Å². The van der Waals surface area contributed by atoms with Crippen LogP contribution in [0.15, 0.2) is 42.5 Å². The van der Waals surface area contributed by atoms with E-state index < -0.39 is 0 Å². The number of hydrogen-bond donors (Lipinski definition) is 1. The fourth-order valence-electron chi connectivity index (χ4n) is 2.01. The first-order valence-corrected chi connectivity index (χ1v) is 7.24. The van der Waals surface area contributed by atoms with Gasteiger partial charge in [0.05, 0.1) is 7.11 Å². The molecule has 3 nitrogen and oxygen atoms in total. The lowest BCUT2D eigenvalue weighted by molar-refractivity contribution is 0.378. The van der Waals surface area contributed by atoms with Crippen LogP contribution in [0.5, 0.6) is 17.2 Å². The normalized spacial score (nSPS) is 10.7. The average Bonchev–Trinajstić information content (AvgIpc) is 2.48. The van der Waals surface area contributed by atoms with Crippen LogP contribution in [0.25, 0.3) is 0 Å². The largest absolute Gasteiger partial charge is 0.493 e. The van der Waals surface area contributed by atoms with Crippen molar-refractivity contribution in [3.8, 4) is 17.2 Å². The number of methoxy groups -OCH3 is 1. The summed E-state index contributed by atoms with van der Waals surface area (Å²) in [6.07, 6.45) is 0. The van der Waals surface area contributed by atoms with Crippen molar-refractivity contribution in [2.75, 3.05) is 7.11 Å². The summed E-state index contributed by atoms with van der Waals surface area (Å²) in [5.74, 6) is 2.34. The van der Waals surface area contributed by atoms with Crippen LogP contribution in [0, 0.1) is 6.92 Å². The van der Waals surface area contributed by atoms with Crippen molar-refractivity contribution in [3.63, 3.8) is 0 Å². The second-order valence-electron chi connectivity index (χ2n) is 5.39. The van der Waals surface area contributed by atoms with E-state index in [0.29, 0.717) is 6.04 Å². The standard InChI is InChI=1S/C18H23NO2/c1-13(2)19-12-15-10-9-14(3)18(11-15)21-17-8-6-5-7-16(17)20-4/h5-11,13,19H,12H2,1-4H3. The van der Waals surface area contributed by atoms with E-state index in [1.54, 1.807) is 7.11 Å². The van der Waals surface area contributed by atoms with Gasteiger partial charge in [0.1, 0.15) is 5.75 Å². The molecule has 0 fully saturated rings. The third kappa shape index (κ3) is 4.23. The molecule has 0 saturated heterocycles. The zero-order valence-electron chi connectivity index (χ0n) is 13.1. The van der Waals surface area contributed by atoms with Crippen LogP contribution in [0.4, 0.5) is 0 Å². The molecule has 21 heavy (non-hydrogen) atoms. The van der Waals surface area contributed by atoms with Crippen molar-refractivity contribution >= 4 is 0 Å². The third-order valence-electron chi connectivity index (χ3n) is 3.26. The molecule has 0 atom stereocenters. The van der Waals surface area contributed by atoms with Crippen LogP contribution in [0.2, 0.25) is 0 Å². The second-order valence-corrected chi connectivity index (χ2v) is 5.39. The summed E-state index contributed by atoms with van der Waals surface area (Å²) in [4.78, 5) is 0. The Kier molecular flexibility index (Phi) is 5.23. The quantitative estimate of drug-likeness (QED) is 0.858. The molecular formula is C18H23NO2. The van der Waals surface area contributed by atoms with Crippen LogP contribution in [0.1, 0.15) is 25.0 Å². The molecular weight excluding hydrogens is 262 g/mol. The Bertz CT molecular complexity index is 594. The molecule has 0 amide bonds. The summed E-state index contributed by atoms with van der Waals surface area (Å²) < 4.78 is 11.4. The molecule has 0 spiro atoms. The Morgan fingerprint density at radius 1 is 1.00 bits per heavy atom. The first-order valence-electron chi connectivity index (χ1n) is 7.24. The Hall–Kier alpha value is -2.00. The van der Waals surface area contributed by atoms with Gasteiger partial charge in [-0.05, 0) is 36.2 Å². The van der Waals surface area contributed by atoms with Crippen molar-refractivity contribution in [3.05, 3.63) is 53.6 Å². The molecule has 3 heteroatoms. The summed E-state index contributed by atoms with van der Waals surface area (Å²) in [5, 5.41) is 3.41. The monoisotopic (exact) mass is 285 g/mol. The van der Waals surface area contributed by atoms with E-state index in [2.05, 4.69) is 37.4 Å². The highest BCUT2D eigenvalue weighted by Gasteiger charge is 2.07. The average molecular weight is 285 g/mol. The molecule has 2 aromatic rings. The second kappa shape index (κ2) is 7.14. The SMILES string of the molecule is COc1ccccc1Oc1cc(CNC(C)C)ccc1C. The van der Waals surface area contributed by atoms with E-state index in [4.69, 9.17) is 9.47 Å². The van der Waals surface area contributed by atoms with E-state index in [0.717, 1.165) is 29.4 Å². The van der Waals surface area contributed by atoms with Crippen LogP contribution in [-0.4, -0.2) is 13.2 Å². The van der Waals surface area contributed by atoms with Gasteiger partial charge in [0.15, 0.2) is 11.5 Å². The van der Waals surface area contributed by atoms with E-state index in [1.807, 2.05) is 31.2 Å². The maximum atomic E-state index is 6.03. The topological polar surface area (TPSA) is 30.5 Å². The van der Waals surface area contributed by atoms with Crippen LogP contribution in [-0.2, 0) is 6.54 Å². The van der Waals surface area contributed by atoms with Gasteiger partial charge >= 0.3 is 0 Å². The van der Waals surface area contributed by atoms with Crippen LogP contribution < -0.4 is 14.8 Å². The zero-order valence-corrected chi connectivity index (χ0v) is 13.1. The molecule has 2 aromatic carbocycles. The summed E-state index contributed by atoms with van der Waals surface area (Å²) in [7, 11) is 1.65. The highest BCUT2D eigenvalue weighted by atomic mass is 16.5. The lowest BCUT2D eigenvalue weighted by Gasteiger charge is -2.14. The molecule has 0 radical (unpaired) electrons. The molecule has 0 bridgehead atoms. The molecule has 2 rings (SSSR count). The Morgan fingerprint density at radius 3 is 2.38 bits per heavy atom. The minimum Gasteiger partial charge on any atom is -0.493 e. The molecule has 0 aliphatic heterocycles. The van der Waals surface area contributed by atoms with E-state index >= 15 is 0 Å². The molecule has 0 aromatic heterocycles. The fourth-order valence-corrected chi connectivity index (χ4v) is 2.01. The molecule has 0 aliphatic carbocycles. The van der Waals surface area contributed by atoms with Gasteiger partial charge in [0.2, 0.25) is 0 Å². The fraction of sp³-hybridized carbons (Fsp3) is 0.333. The predicted octanol–water partition coefficient (Wildman–Crippen LogP) is 4.29. The number of rotatable bonds is 6. The highest BCUT2D eigenvalue weighted by molar-refractivity contribution is 5.45. The first kappa shape index (κ1) is 15.4. The zero-order chi connectivity index (χ0) is 15.2. The van der Waals surface area contributed by atoms with Gasteiger partial charge in [0, 0.05) is 12.6 Å². The van der Waals surface area contributed by atoms with Gasteiger partial charge in [-0.1, -0.05) is 38.1 Å².